The molecule has 4 rings (SSSR count). The summed E-state index contributed by atoms with van der Waals surface area (Å²) in [5, 5.41) is 5.10. The van der Waals surface area contributed by atoms with Crippen LogP contribution in [0.5, 0.6) is 0 Å². The second kappa shape index (κ2) is 8.44. The molecule has 4 amide bonds. The molecule has 1 saturated heterocycles. The van der Waals surface area contributed by atoms with E-state index in [1.807, 2.05) is 51.8 Å². The van der Waals surface area contributed by atoms with Crippen molar-refractivity contribution in [1.29, 1.82) is 0 Å². The van der Waals surface area contributed by atoms with Crippen molar-refractivity contribution in [2.45, 2.75) is 33.2 Å². The number of carbonyl (C=O) groups is 3. The zero-order chi connectivity index (χ0) is 24.8. The number of anilines is 2. The number of halogens is 1. The third-order valence-corrected chi connectivity index (χ3v) is 6.23. The van der Waals surface area contributed by atoms with E-state index in [0.29, 0.717) is 5.69 Å². The number of aryl methyl sites for hydroxylation is 1. The molecule has 2 aromatic rings. The largest absolute Gasteiger partial charge is 0.365 e. The van der Waals surface area contributed by atoms with Crippen molar-refractivity contribution in [3.8, 4) is 0 Å². The highest BCUT2D eigenvalue weighted by Crippen LogP contribution is 2.39. The van der Waals surface area contributed by atoms with E-state index in [0.717, 1.165) is 27.3 Å². The molecule has 2 aliphatic heterocycles. The van der Waals surface area contributed by atoms with Gasteiger partial charge in [0.1, 0.15) is 18.1 Å². The Balaban J connectivity index is 1.55. The molecular weight excluding hydrogens is 435 g/mol. The maximum atomic E-state index is 15.0. The first-order valence-electron chi connectivity index (χ1n) is 10.9. The first-order chi connectivity index (χ1) is 16.0. The van der Waals surface area contributed by atoms with Crippen molar-refractivity contribution in [3.05, 3.63) is 70.7 Å². The van der Waals surface area contributed by atoms with Crippen LogP contribution in [0.1, 0.15) is 37.5 Å². The number of likely N-dealkylation sites (N-methyl/N-ethyl adjacent to an activating group) is 1. The summed E-state index contributed by atoms with van der Waals surface area (Å²) in [5.41, 5.74) is 4.02. The lowest BCUT2D eigenvalue weighted by atomic mass is 9.88. The van der Waals surface area contributed by atoms with Crippen LogP contribution in [0.2, 0.25) is 0 Å². The number of hydrogen-bond acceptors (Lipinski definition) is 4. The van der Waals surface area contributed by atoms with Crippen molar-refractivity contribution in [2.24, 2.45) is 0 Å². The van der Waals surface area contributed by atoms with Crippen molar-refractivity contribution in [1.82, 2.24) is 10.2 Å². The van der Waals surface area contributed by atoms with Crippen LogP contribution in [0, 0.1) is 12.7 Å². The van der Waals surface area contributed by atoms with Crippen LogP contribution in [0.3, 0.4) is 0 Å². The van der Waals surface area contributed by atoms with Crippen LogP contribution in [0.25, 0.3) is 11.6 Å². The van der Waals surface area contributed by atoms with E-state index in [-0.39, 0.29) is 16.8 Å². The van der Waals surface area contributed by atoms with Gasteiger partial charge in [0.25, 0.3) is 5.91 Å². The van der Waals surface area contributed by atoms with Crippen LogP contribution in [-0.2, 0) is 9.59 Å². The van der Waals surface area contributed by atoms with Gasteiger partial charge in [0.15, 0.2) is 0 Å². The molecule has 2 aliphatic rings. The van der Waals surface area contributed by atoms with E-state index in [1.54, 1.807) is 18.2 Å². The summed E-state index contributed by atoms with van der Waals surface area (Å²) >= 11 is 0. The molecule has 1 fully saturated rings. The Morgan fingerprint density at radius 3 is 2.50 bits per heavy atom. The SMILES string of the molecule is CC1=CC(C)(C)N(C)c2cc(F)c(/C=C3/NC(=O)N(CC(=O)Nc4ccc(C)cc4)C3=O)cc21. The Hall–Kier alpha value is -3.94. The number of carbonyl (C=O) groups excluding carboxylic acids is 3. The minimum atomic E-state index is -0.730. The van der Waals surface area contributed by atoms with Gasteiger partial charge in [-0.15, -0.1) is 0 Å². The number of nitrogens with one attached hydrogen (secondary N) is 2. The van der Waals surface area contributed by atoms with Gasteiger partial charge in [-0.2, -0.15) is 0 Å². The minimum absolute atomic E-state index is 0.0851. The van der Waals surface area contributed by atoms with Crippen molar-refractivity contribution < 1.29 is 18.8 Å². The molecule has 0 aliphatic carbocycles. The number of urea groups is 1. The molecule has 2 aromatic carbocycles. The third kappa shape index (κ3) is 4.31. The molecule has 0 bridgehead atoms. The fourth-order valence-electron chi connectivity index (χ4n) is 4.15. The van der Waals surface area contributed by atoms with Gasteiger partial charge in [0.2, 0.25) is 5.91 Å². The maximum absolute atomic E-state index is 15.0. The van der Waals surface area contributed by atoms with E-state index < -0.39 is 30.2 Å². The monoisotopic (exact) mass is 462 g/mol. The third-order valence-electron chi connectivity index (χ3n) is 6.23. The quantitative estimate of drug-likeness (QED) is 0.525. The van der Waals surface area contributed by atoms with Gasteiger partial charge in [-0.1, -0.05) is 23.8 Å². The summed E-state index contributed by atoms with van der Waals surface area (Å²) in [5.74, 6) is -1.71. The van der Waals surface area contributed by atoms with E-state index in [2.05, 4.69) is 16.7 Å². The first-order valence-corrected chi connectivity index (χ1v) is 10.9. The molecule has 0 radical (unpaired) electrons. The molecule has 176 valence electrons. The number of fused-ring (bicyclic) bond motifs is 1. The van der Waals surface area contributed by atoms with E-state index in [1.165, 1.54) is 12.1 Å². The molecule has 0 atom stereocenters. The standard InChI is InChI=1S/C26H27FN4O3/c1-15-6-8-18(9-7-15)28-23(32)14-31-24(33)21(29-25(31)34)11-17-10-19-16(2)13-26(3,4)30(5)22(19)12-20(17)27/h6-13H,14H2,1-5H3,(H,28,32)(H,29,34)/b21-11+. The van der Waals surface area contributed by atoms with Gasteiger partial charge in [-0.25, -0.2) is 14.1 Å². The van der Waals surface area contributed by atoms with E-state index >= 15 is 0 Å². The smallest absolute Gasteiger partial charge is 0.329 e. The number of benzene rings is 2. The fourth-order valence-corrected chi connectivity index (χ4v) is 4.15. The lowest BCUT2D eigenvalue weighted by molar-refractivity contribution is -0.127. The van der Waals surface area contributed by atoms with Crippen LogP contribution >= 0.6 is 0 Å². The normalized spacial score (nSPS) is 18.1. The molecule has 0 unspecified atom stereocenters. The predicted octanol–water partition coefficient (Wildman–Crippen LogP) is 4.30. The first kappa shape index (κ1) is 23.2. The van der Waals surface area contributed by atoms with Gasteiger partial charge in [0, 0.05) is 29.5 Å². The van der Waals surface area contributed by atoms with Crippen LogP contribution in [0.15, 0.2) is 48.2 Å². The van der Waals surface area contributed by atoms with Gasteiger partial charge in [0.05, 0.1) is 5.54 Å². The van der Waals surface area contributed by atoms with E-state index in [4.69, 9.17) is 0 Å². The summed E-state index contributed by atoms with van der Waals surface area (Å²) in [6.45, 7) is 7.52. The van der Waals surface area contributed by atoms with Gasteiger partial charge in [-0.3, -0.25) is 9.59 Å². The molecule has 0 aromatic heterocycles. The Morgan fingerprint density at radius 2 is 1.82 bits per heavy atom. The Kier molecular flexibility index (Phi) is 5.77. The van der Waals surface area contributed by atoms with Crippen LogP contribution in [0.4, 0.5) is 20.6 Å². The topological polar surface area (TPSA) is 81.8 Å². The minimum Gasteiger partial charge on any atom is -0.365 e. The Morgan fingerprint density at radius 1 is 1.15 bits per heavy atom. The molecule has 0 saturated carbocycles. The molecule has 7 nitrogen and oxygen atoms in total. The summed E-state index contributed by atoms with van der Waals surface area (Å²) in [4.78, 5) is 40.3. The number of imide groups is 1. The molecule has 2 heterocycles. The lowest BCUT2D eigenvalue weighted by Gasteiger charge is -2.40. The van der Waals surface area contributed by atoms with Gasteiger partial charge >= 0.3 is 6.03 Å². The highest BCUT2D eigenvalue weighted by molar-refractivity contribution is 6.16. The van der Waals surface area contributed by atoms with Crippen molar-refractivity contribution in [3.63, 3.8) is 0 Å². The molecular formula is C26H27FN4O3. The van der Waals surface area contributed by atoms with Crippen molar-refractivity contribution in [2.75, 3.05) is 23.8 Å². The summed E-state index contributed by atoms with van der Waals surface area (Å²) in [6.07, 6.45) is 3.40. The maximum Gasteiger partial charge on any atom is 0.329 e. The molecule has 8 heteroatoms. The fraction of sp³-hybridized carbons (Fsp3) is 0.269. The van der Waals surface area contributed by atoms with Crippen molar-refractivity contribution >= 4 is 40.9 Å². The number of amides is 4. The second-order valence-electron chi connectivity index (χ2n) is 9.22. The average Bonchev–Trinajstić information content (AvgIpc) is 3.02. The zero-order valence-corrected chi connectivity index (χ0v) is 19.8. The highest BCUT2D eigenvalue weighted by Gasteiger charge is 2.35. The number of rotatable bonds is 4. The summed E-state index contributed by atoms with van der Waals surface area (Å²) in [6, 6.07) is 9.53. The Bertz CT molecular complexity index is 1260. The number of hydrogen-bond donors (Lipinski definition) is 2. The summed E-state index contributed by atoms with van der Waals surface area (Å²) < 4.78 is 15.0. The van der Waals surface area contributed by atoms with Crippen LogP contribution in [-0.4, -0.2) is 41.9 Å². The summed E-state index contributed by atoms with van der Waals surface area (Å²) in [7, 11) is 1.90. The predicted molar refractivity (Wildman–Crippen MR) is 131 cm³/mol. The van der Waals surface area contributed by atoms with Gasteiger partial charge in [-0.05, 0) is 63.6 Å². The lowest BCUT2D eigenvalue weighted by Crippen LogP contribution is -2.42. The van der Waals surface area contributed by atoms with Gasteiger partial charge < -0.3 is 15.5 Å². The molecule has 2 N–H and O–H groups in total. The highest BCUT2D eigenvalue weighted by atomic mass is 19.1. The van der Waals surface area contributed by atoms with E-state index in [9.17, 15) is 18.8 Å². The zero-order valence-electron chi connectivity index (χ0n) is 19.8. The molecule has 0 spiro atoms. The number of allylic oxidation sites excluding steroid dienone is 1. The molecule has 34 heavy (non-hydrogen) atoms. The number of nitrogens with zero attached hydrogens (tertiary/aromatic N) is 2. The average molecular weight is 463 g/mol. The Labute approximate surface area is 197 Å². The van der Waals surface area contributed by atoms with Crippen LogP contribution < -0.4 is 15.5 Å². The second-order valence-corrected chi connectivity index (χ2v) is 9.22.